The molecular formula is C17H21N7O. The Bertz CT molecular complexity index is 913. The van der Waals surface area contributed by atoms with Gasteiger partial charge in [-0.25, -0.2) is 9.50 Å². The van der Waals surface area contributed by atoms with Crippen LogP contribution in [0, 0.1) is 5.92 Å². The number of nitrogens with one attached hydrogen (secondary N) is 1. The highest BCUT2D eigenvalue weighted by molar-refractivity contribution is 6.09. The number of carbonyl (C=O) groups excluding carboxylic acids is 1. The van der Waals surface area contributed by atoms with Crippen molar-refractivity contribution in [1.82, 2.24) is 24.4 Å². The molecule has 1 unspecified atom stereocenters. The van der Waals surface area contributed by atoms with Crippen molar-refractivity contribution in [3.05, 3.63) is 36.4 Å². The molecule has 1 saturated heterocycles. The van der Waals surface area contributed by atoms with Gasteiger partial charge in [-0.1, -0.05) is 6.92 Å². The summed E-state index contributed by atoms with van der Waals surface area (Å²) in [6.45, 7) is 4.17. The van der Waals surface area contributed by atoms with Crippen LogP contribution in [-0.4, -0.2) is 43.4 Å². The second-order valence-electron chi connectivity index (χ2n) is 6.63. The molecule has 0 bridgehead atoms. The first-order chi connectivity index (χ1) is 12.1. The first-order valence-corrected chi connectivity index (χ1v) is 8.50. The van der Waals surface area contributed by atoms with Gasteiger partial charge in [-0.3, -0.25) is 9.48 Å². The number of carbonyl (C=O) groups is 1. The summed E-state index contributed by atoms with van der Waals surface area (Å²) in [5, 5.41) is 11.7. The molecule has 1 aliphatic heterocycles. The highest BCUT2D eigenvalue weighted by atomic mass is 16.1. The maximum atomic E-state index is 12.7. The molecule has 0 aliphatic carbocycles. The lowest BCUT2D eigenvalue weighted by Gasteiger charge is -2.31. The zero-order valence-electron chi connectivity index (χ0n) is 14.4. The van der Waals surface area contributed by atoms with Gasteiger partial charge in [0.05, 0.1) is 12.4 Å². The van der Waals surface area contributed by atoms with Crippen molar-refractivity contribution in [3.8, 4) is 0 Å². The normalized spacial score (nSPS) is 17.8. The van der Waals surface area contributed by atoms with E-state index in [1.807, 2.05) is 13.2 Å². The molecule has 3 aromatic rings. The number of nitrogens with zero attached hydrogens (tertiary/aromatic N) is 6. The van der Waals surface area contributed by atoms with E-state index < -0.39 is 0 Å². The average molecular weight is 339 g/mol. The number of rotatable bonds is 3. The van der Waals surface area contributed by atoms with Crippen LogP contribution in [0.3, 0.4) is 0 Å². The summed E-state index contributed by atoms with van der Waals surface area (Å²) >= 11 is 0. The zero-order valence-corrected chi connectivity index (χ0v) is 14.4. The van der Waals surface area contributed by atoms with Gasteiger partial charge < -0.3 is 10.2 Å². The van der Waals surface area contributed by atoms with Crippen LogP contribution in [0.4, 0.5) is 11.5 Å². The number of piperidine rings is 1. The summed E-state index contributed by atoms with van der Waals surface area (Å²) in [5.74, 6) is 1.22. The summed E-state index contributed by atoms with van der Waals surface area (Å²) in [6, 6.07) is 1.78. The third-order valence-corrected chi connectivity index (χ3v) is 4.54. The molecule has 1 fully saturated rings. The topological polar surface area (TPSA) is 80.4 Å². The van der Waals surface area contributed by atoms with Gasteiger partial charge in [0.1, 0.15) is 11.3 Å². The van der Waals surface area contributed by atoms with E-state index in [1.54, 1.807) is 27.7 Å². The van der Waals surface area contributed by atoms with Crippen molar-refractivity contribution in [2.75, 3.05) is 23.3 Å². The zero-order chi connectivity index (χ0) is 17.4. The Morgan fingerprint density at radius 1 is 1.40 bits per heavy atom. The lowest BCUT2D eigenvalue weighted by Crippen LogP contribution is -2.35. The number of hydrogen-bond acceptors (Lipinski definition) is 5. The minimum atomic E-state index is -0.229. The molecule has 1 atom stereocenters. The van der Waals surface area contributed by atoms with Crippen LogP contribution in [0.1, 0.15) is 30.1 Å². The first kappa shape index (κ1) is 15.6. The van der Waals surface area contributed by atoms with Gasteiger partial charge in [0.25, 0.3) is 5.91 Å². The van der Waals surface area contributed by atoms with Crippen molar-refractivity contribution < 1.29 is 4.79 Å². The summed E-state index contributed by atoms with van der Waals surface area (Å²) in [6.07, 6.45) is 9.17. The lowest BCUT2D eigenvalue weighted by molar-refractivity contribution is 0.102. The number of aromatic nitrogens is 5. The summed E-state index contributed by atoms with van der Waals surface area (Å²) < 4.78 is 3.32. The number of anilines is 2. The predicted octanol–water partition coefficient (Wildman–Crippen LogP) is 1.95. The summed E-state index contributed by atoms with van der Waals surface area (Å²) in [5.41, 5.74) is 1.70. The van der Waals surface area contributed by atoms with Crippen LogP contribution in [0.15, 0.2) is 30.9 Å². The van der Waals surface area contributed by atoms with Gasteiger partial charge in [0, 0.05) is 32.5 Å². The average Bonchev–Trinajstić information content (AvgIpc) is 3.18. The Kier molecular flexibility index (Phi) is 3.87. The minimum Gasteiger partial charge on any atom is -0.353 e. The fourth-order valence-electron chi connectivity index (χ4n) is 3.36. The highest BCUT2D eigenvalue weighted by Gasteiger charge is 2.23. The monoisotopic (exact) mass is 339 g/mol. The quantitative estimate of drug-likeness (QED) is 0.789. The summed E-state index contributed by atoms with van der Waals surface area (Å²) in [4.78, 5) is 19.2. The van der Waals surface area contributed by atoms with Crippen molar-refractivity contribution in [1.29, 1.82) is 0 Å². The maximum Gasteiger partial charge on any atom is 0.261 e. The van der Waals surface area contributed by atoms with Crippen LogP contribution in [0.5, 0.6) is 0 Å². The van der Waals surface area contributed by atoms with E-state index in [1.165, 1.54) is 12.6 Å². The van der Waals surface area contributed by atoms with Crippen molar-refractivity contribution in [2.24, 2.45) is 13.0 Å². The minimum absolute atomic E-state index is 0.229. The molecule has 130 valence electrons. The molecule has 3 aromatic heterocycles. The van der Waals surface area contributed by atoms with Gasteiger partial charge in [0.15, 0.2) is 11.5 Å². The third kappa shape index (κ3) is 2.95. The molecule has 25 heavy (non-hydrogen) atoms. The third-order valence-electron chi connectivity index (χ3n) is 4.54. The van der Waals surface area contributed by atoms with Crippen LogP contribution in [0.25, 0.3) is 5.65 Å². The Labute approximate surface area is 145 Å². The second kappa shape index (κ2) is 6.19. The first-order valence-electron chi connectivity index (χ1n) is 8.50. The van der Waals surface area contributed by atoms with E-state index in [0.717, 1.165) is 31.0 Å². The van der Waals surface area contributed by atoms with Crippen LogP contribution in [-0.2, 0) is 7.05 Å². The van der Waals surface area contributed by atoms with Crippen LogP contribution >= 0.6 is 0 Å². The van der Waals surface area contributed by atoms with E-state index in [9.17, 15) is 4.79 Å². The fourth-order valence-corrected chi connectivity index (χ4v) is 3.36. The largest absolute Gasteiger partial charge is 0.353 e. The Hall–Kier alpha value is -2.90. The highest BCUT2D eigenvalue weighted by Crippen LogP contribution is 2.28. The number of fused-ring (bicyclic) bond motifs is 1. The van der Waals surface area contributed by atoms with Crippen LogP contribution < -0.4 is 10.2 Å². The molecule has 8 heteroatoms. The number of aryl methyl sites for hydroxylation is 1. The van der Waals surface area contributed by atoms with E-state index in [-0.39, 0.29) is 5.91 Å². The smallest absolute Gasteiger partial charge is 0.261 e. The summed E-state index contributed by atoms with van der Waals surface area (Å²) in [7, 11) is 1.86. The van der Waals surface area contributed by atoms with Crippen molar-refractivity contribution >= 4 is 23.1 Å². The van der Waals surface area contributed by atoms with E-state index >= 15 is 0 Å². The predicted molar refractivity (Wildman–Crippen MR) is 94.8 cm³/mol. The molecule has 1 N–H and O–H groups in total. The second-order valence-corrected chi connectivity index (χ2v) is 6.63. The van der Waals surface area contributed by atoms with E-state index in [0.29, 0.717) is 17.1 Å². The van der Waals surface area contributed by atoms with Gasteiger partial charge >= 0.3 is 0 Å². The number of hydrogen-bond donors (Lipinski definition) is 1. The maximum absolute atomic E-state index is 12.7. The fraction of sp³-hybridized carbons (Fsp3) is 0.412. The number of amides is 1. The lowest BCUT2D eigenvalue weighted by atomic mass is 10.0. The molecule has 1 aliphatic rings. The molecular weight excluding hydrogens is 318 g/mol. The molecule has 8 nitrogen and oxygen atoms in total. The van der Waals surface area contributed by atoms with Gasteiger partial charge in [-0.05, 0) is 24.8 Å². The molecule has 4 rings (SSSR count). The Morgan fingerprint density at radius 2 is 2.28 bits per heavy atom. The van der Waals surface area contributed by atoms with Crippen molar-refractivity contribution in [3.63, 3.8) is 0 Å². The molecule has 0 saturated carbocycles. The SMILES string of the molecule is CC1CCCN(c2nn(C)cc2NC(=O)c2cnn3cccnc23)C1. The molecule has 4 heterocycles. The van der Waals surface area contributed by atoms with Crippen LogP contribution in [0.2, 0.25) is 0 Å². The molecule has 0 radical (unpaired) electrons. The standard InChI is InChI=1S/C17H21N7O/c1-12-5-3-7-23(10-12)16-14(11-22(2)21-16)20-17(25)13-9-19-24-8-4-6-18-15(13)24/h4,6,8-9,11-12H,3,5,7,10H2,1-2H3,(H,20,25). The Balaban J connectivity index is 1.61. The van der Waals surface area contributed by atoms with Gasteiger partial charge in [-0.2, -0.15) is 10.2 Å². The van der Waals surface area contributed by atoms with Crippen molar-refractivity contribution in [2.45, 2.75) is 19.8 Å². The van der Waals surface area contributed by atoms with Gasteiger partial charge in [-0.15, -0.1) is 0 Å². The van der Waals surface area contributed by atoms with Gasteiger partial charge in [0.2, 0.25) is 0 Å². The molecule has 1 amide bonds. The van der Waals surface area contributed by atoms with E-state index in [4.69, 9.17) is 0 Å². The molecule has 0 aromatic carbocycles. The molecule has 0 spiro atoms. The Morgan fingerprint density at radius 3 is 3.12 bits per heavy atom. The van der Waals surface area contributed by atoms with E-state index in [2.05, 4.69) is 32.3 Å².